The van der Waals surface area contributed by atoms with E-state index in [2.05, 4.69) is 15.1 Å². The summed E-state index contributed by atoms with van der Waals surface area (Å²) in [6.45, 7) is -1.16. The highest BCUT2D eigenvalue weighted by Crippen LogP contribution is 2.29. The van der Waals surface area contributed by atoms with Crippen molar-refractivity contribution < 1.29 is 18.3 Å². The Morgan fingerprint density at radius 2 is 2.04 bits per heavy atom. The summed E-state index contributed by atoms with van der Waals surface area (Å²) in [5.74, 6) is 0.538. The molecule has 0 amide bonds. The van der Waals surface area contributed by atoms with E-state index >= 15 is 0 Å². The third-order valence-electron chi connectivity index (χ3n) is 3.78. The quantitative estimate of drug-likeness (QED) is 0.640. The second-order valence-corrected chi connectivity index (χ2v) is 5.78. The molecule has 3 rings (SSSR count). The molecule has 2 aromatic heterocycles. The number of alkyl halides is 2. The van der Waals surface area contributed by atoms with Gasteiger partial charge in [0.1, 0.15) is 18.1 Å². The van der Waals surface area contributed by atoms with E-state index in [9.17, 15) is 13.6 Å². The molecule has 1 aromatic carbocycles. The largest absolute Gasteiger partial charge is 0.486 e. The summed E-state index contributed by atoms with van der Waals surface area (Å²) >= 11 is 0. The highest BCUT2D eigenvalue weighted by molar-refractivity contribution is 5.61. The number of nitrogens with two attached hydrogens (primary N) is 1. The molecule has 2 N–H and O–H groups in total. The van der Waals surface area contributed by atoms with Gasteiger partial charge in [-0.25, -0.2) is 14.6 Å². The lowest BCUT2D eigenvalue weighted by Gasteiger charge is -2.09. The Morgan fingerprint density at radius 1 is 1.26 bits per heavy atom. The number of rotatable bonds is 7. The SMILES string of the molecule is Cc1cc(-c2nn(C(F)F)cc2Cc2ccccc2OCC=O)nc(N)n1. The molecular formula is C18H17F2N5O2. The number of carbonyl (C=O) groups is 1. The maximum Gasteiger partial charge on any atom is 0.333 e. The third kappa shape index (κ3) is 4.25. The van der Waals surface area contributed by atoms with E-state index in [1.165, 1.54) is 6.20 Å². The number of aryl methyl sites for hydroxylation is 1. The highest BCUT2D eigenvalue weighted by Gasteiger charge is 2.19. The molecule has 0 atom stereocenters. The molecule has 0 saturated carbocycles. The molecule has 9 heteroatoms. The van der Waals surface area contributed by atoms with Crippen LogP contribution in [0.3, 0.4) is 0 Å². The summed E-state index contributed by atoms with van der Waals surface area (Å²) in [6, 6.07) is 8.70. The Morgan fingerprint density at radius 3 is 2.74 bits per heavy atom. The summed E-state index contributed by atoms with van der Waals surface area (Å²) in [6.07, 6.45) is 2.17. The van der Waals surface area contributed by atoms with Crippen LogP contribution in [0.4, 0.5) is 14.7 Å². The van der Waals surface area contributed by atoms with Gasteiger partial charge in [0.15, 0.2) is 6.29 Å². The number of halogens is 2. The van der Waals surface area contributed by atoms with Gasteiger partial charge in [0, 0.05) is 23.9 Å². The summed E-state index contributed by atoms with van der Waals surface area (Å²) in [4.78, 5) is 18.7. The van der Waals surface area contributed by atoms with Crippen molar-refractivity contribution in [1.82, 2.24) is 19.7 Å². The fourth-order valence-electron chi connectivity index (χ4n) is 2.71. The molecule has 0 bridgehead atoms. The third-order valence-corrected chi connectivity index (χ3v) is 3.78. The van der Waals surface area contributed by atoms with Crippen LogP contribution in [0.25, 0.3) is 11.4 Å². The summed E-state index contributed by atoms with van der Waals surface area (Å²) in [5.41, 5.74) is 8.19. The normalized spacial score (nSPS) is 11.0. The van der Waals surface area contributed by atoms with Crippen LogP contribution in [0.15, 0.2) is 36.5 Å². The van der Waals surface area contributed by atoms with Crippen molar-refractivity contribution in [3.63, 3.8) is 0 Å². The van der Waals surface area contributed by atoms with Gasteiger partial charge in [-0.15, -0.1) is 0 Å². The van der Waals surface area contributed by atoms with Crippen LogP contribution in [0.5, 0.6) is 5.75 Å². The van der Waals surface area contributed by atoms with Crippen molar-refractivity contribution in [2.75, 3.05) is 12.3 Å². The van der Waals surface area contributed by atoms with Gasteiger partial charge in [-0.1, -0.05) is 18.2 Å². The van der Waals surface area contributed by atoms with Crippen molar-refractivity contribution in [1.29, 1.82) is 0 Å². The lowest BCUT2D eigenvalue weighted by molar-refractivity contribution is -0.109. The van der Waals surface area contributed by atoms with Crippen LogP contribution in [0, 0.1) is 6.92 Å². The number of benzene rings is 1. The summed E-state index contributed by atoms with van der Waals surface area (Å²) < 4.78 is 32.4. The molecule has 0 aliphatic heterocycles. The fraction of sp³-hybridized carbons (Fsp3) is 0.222. The second-order valence-electron chi connectivity index (χ2n) is 5.78. The van der Waals surface area contributed by atoms with E-state index in [1.807, 2.05) is 0 Å². The van der Waals surface area contributed by atoms with Gasteiger partial charge in [0.05, 0.1) is 5.69 Å². The first-order valence-electron chi connectivity index (χ1n) is 8.10. The molecule has 0 saturated heterocycles. The number of para-hydroxylation sites is 1. The number of nitrogens with zero attached hydrogens (tertiary/aromatic N) is 4. The van der Waals surface area contributed by atoms with Crippen LogP contribution < -0.4 is 10.5 Å². The Balaban J connectivity index is 2.04. The van der Waals surface area contributed by atoms with Gasteiger partial charge < -0.3 is 10.5 Å². The fourth-order valence-corrected chi connectivity index (χ4v) is 2.71. The molecule has 140 valence electrons. The van der Waals surface area contributed by atoms with Gasteiger partial charge >= 0.3 is 6.55 Å². The van der Waals surface area contributed by atoms with E-state index in [1.54, 1.807) is 37.3 Å². The zero-order valence-corrected chi connectivity index (χ0v) is 14.5. The standard InChI is InChI=1S/C18H17F2N5O2/c1-11-8-14(23-18(21)22-11)16-13(10-25(24-16)17(19)20)9-12-4-2-3-5-15(12)27-7-6-26/h2-6,8,10,17H,7,9H2,1H3,(H2,21,22,23). The van der Waals surface area contributed by atoms with Gasteiger partial charge in [-0.2, -0.15) is 13.9 Å². The van der Waals surface area contributed by atoms with Crippen molar-refractivity contribution in [2.45, 2.75) is 19.9 Å². The maximum absolute atomic E-state index is 13.2. The molecule has 0 unspecified atom stereocenters. The molecular weight excluding hydrogens is 356 g/mol. The highest BCUT2D eigenvalue weighted by atomic mass is 19.3. The average molecular weight is 373 g/mol. The van der Waals surface area contributed by atoms with E-state index in [0.717, 1.165) is 5.56 Å². The van der Waals surface area contributed by atoms with Crippen LogP contribution in [0.2, 0.25) is 0 Å². The minimum Gasteiger partial charge on any atom is -0.486 e. The molecule has 0 radical (unpaired) electrons. The molecule has 3 aromatic rings. The summed E-state index contributed by atoms with van der Waals surface area (Å²) in [5, 5.41) is 3.97. The number of hydrogen-bond acceptors (Lipinski definition) is 6. The first-order valence-corrected chi connectivity index (χ1v) is 8.10. The van der Waals surface area contributed by atoms with Gasteiger partial charge in [0.2, 0.25) is 5.95 Å². The van der Waals surface area contributed by atoms with Gasteiger partial charge in [-0.05, 0) is 24.6 Å². The Hall–Kier alpha value is -3.36. The van der Waals surface area contributed by atoms with Crippen LogP contribution in [0.1, 0.15) is 23.4 Å². The van der Waals surface area contributed by atoms with Crippen molar-refractivity contribution in [2.24, 2.45) is 0 Å². The van der Waals surface area contributed by atoms with E-state index in [-0.39, 0.29) is 24.7 Å². The summed E-state index contributed by atoms with van der Waals surface area (Å²) in [7, 11) is 0. The minimum atomic E-state index is -2.79. The molecule has 2 heterocycles. The van der Waals surface area contributed by atoms with E-state index < -0.39 is 6.55 Å². The Bertz CT molecular complexity index is 938. The Labute approximate surface area is 153 Å². The predicted octanol–water partition coefficient (Wildman–Crippen LogP) is 2.79. The zero-order valence-electron chi connectivity index (χ0n) is 14.5. The average Bonchev–Trinajstić information content (AvgIpc) is 3.04. The number of aromatic nitrogens is 4. The minimum absolute atomic E-state index is 0.0391. The number of ether oxygens (including phenoxy) is 1. The van der Waals surface area contributed by atoms with Crippen LogP contribution in [-0.4, -0.2) is 32.6 Å². The molecule has 0 fully saturated rings. The predicted molar refractivity (Wildman–Crippen MR) is 94.5 cm³/mol. The number of carbonyl (C=O) groups excluding carboxylic acids is 1. The van der Waals surface area contributed by atoms with Crippen LogP contribution in [-0.2, 0) is 11.2 Å². The van der Waals surface area contributed by atoms with E-state index in [0.29, 0.717) is 33.7 Å². The lowest BCUT2D eigenvalue weighted by atomic mass is 10.0. The molecule has 0 aliphatic carbocycles. The van der Waals surface area contributed by atoms with Gasteiger partial charge in [-0.3, -0.25) is 4.79 Å². The molecule has 0 spiro atoms. The lowest BCUT2D eigenvalue weighted by Crippen LogP contribution is -2.02. The smallest absolute Gasteiger partial charge is 0.333 e. The maximum atomic E-state index is 13.2. The second kappa shape index (κ2) is 7.90. The van der Waals surface area contributed by atoms with Gasteiger partial charge in [0.25, 0.3) is 0 Å². The van der Waals surface area contributed by atoms with Crippen LogP contribution >= 0.6 is 0 Å². The zero-order chi connectivity index (χ0) is 19.4. The number of hydrogen-bond donors (Lipinski definition) is 1. The van der Waals surface area contributed by atoms with E-state index in [4.69, 9.17) is 10.5 Å². The van der Waals surface area contributed by atoms with Crippen molar-refractivity contribution >= 4 is 12.2 Å². The number of aldehydes is 1. The number of anilines is 1. The molecule has 0 aliphatic rings. The first kappa shape index (κ1) is 18.4. The first-order chi connectivity index (χ1) is 13.0. The molecule has 7 nitrogen and oxygen atoms in total. The number of nitrogen functional groups attached to an aromatic ring is 1. The monoisotopic (exact) mass is 373 g/mol. The van der Waals surface area contributed by atoms with Crippen molar-refractivity contribution in [3.8, 4) is 17.1 Å². The molecule has 27 heavy (non-hydrogen) atoms. The Kier molecular flexibility index (Phi) is 5.39. The van der Waals surface area contributed by atoms with Crippen molar-refractivity contribution in [3.05, 3.63) is 53.3 Å². The topological polar surface area (TPSA) is 95.9 Å².